The van der Waals surface area contributed by atoms with Crippen LogP contribution in [-0.2, 0) is 33.2 Å². The summed E-state index contributed by atoms with van der Waals surface area (Å²) >= 11 is 0. The van der Waals surface area contributed by atoms with E-state index in [2.05, 4.69) is 116 Å². The second-order valence-corrected chi connectivity index (χ2v) is 26.7. The maximum atomic E-state index is 13.4. The lowest BCUT2D eigenvalue weighted by Crippen LogP contribution is -2.66. The van der Waals surface area contributed by atoms with Crippen LogP contribution in [0.15, 0.2) is 109 Å². The fourth-order valence-electron chi connectivity index (χ4n) is 12.2. The molecule has 17 atom stereocenters. The van der Waals surface area contributed by atoms with Crippen LogP contribution in [0.2, 0.25) is 0 Å². The van der Waals surface area contributed by atoms with Gasteiger partial charge in [-0.15, -0.1) is 0 Å². The molecule has 0 bridgehead atoms. The second kappa shape index (κ2) is 58.9. The number of nitrogens with one attached hydrogen (secondary N) is 1. The van der Waals surface area contributed by atoms with Gasteiger partial charge in [-0.05, 0) is 89.9 Å². The van der Waals surface area contributed by atoms with Crippen molar-refractivity contribution < 1.29 is 89.4 Å². The molecule has 17 unspecified atom stereocenters. The summed E-state index contributed by atoms with van der Waals surface area (Å²) in [5.74, 6) is -0.320. The Bertz CT molecular complexity index is 2200. The highest BCUT2D eigenvalue weighted by atomic mass is 16.8. The third-order valence-corrected chi connectivity index (χ3v) is 18.3. The molecule has 98 heavy (non-hydrogen) atoms. The number of unbranched alkanes of at least 4 members (excludes halogenated alkanes) is 26. The van der Waals surface area contributed by atoms with Crippen molar-refractivity contribution in [2.45, 2.75) is 356 Å². The van der Waals surface area contributed by atoms with E-state index in [9.17, 15) is 61.0 Å². The predicted molar refractivity (Wildman–Crippen MR) is 387 cm³/mol. The zero-order chi connectivity index (χ0) is 71.1. The van der Waals surface area contributed by atoms with Crippen LogP contribution in [0.4, 0.5) is 0 Å². The molecule has 0 aromatic heterocycles. The number of carbonyl (C=O) groups is 1. The van der Waals surface area contributed by atoms with Crippen molar-refractivity contribution in [3.8, 4) is 0 Å². The minimum atomic E-state index is -1.99. The minimum Gasteiger partial charge on any atom is -0.394 e. The smallest absolute Gasteiger partial charge is 0.220 e. The zero-order valence-electron chi connectivity index (χ0n) is 60.0. The number of hydrogen-bond donors (Lipinski definition) is 12. The Balaban J connectivity index is 1.43. The molecule has 3 saturated heterocycles. The van der Waals surface area contributed by atoms with Crippen LogP contribution in [0.5, 0.6) is 0 Å². The molecule has 19 nitrogen and oxygen atoms in total. The largest absolute Gasteiger partial charge is 0.394 e. The lowest BCUT2D eigenvalue weighted by atomic mass is 9.96. The number of rotatable bonds is 58. The summed E-state index contributed by atoms with van der Waals surface area (Å²) in [5, 5.41) is 121. The highest BCUT2D eigenvalue weighted by Gasteiger charge is 2.53. The van der Waals surface area contributed by atoms with E-state index in [1.807, 2.05) is 6.08 Å². The first-order chi connectivity index (χ1) is 47.8. The molecule has 12 N–H and O–H groups in total. The third kappa shape index (κ3) is 39.2. The van der Waals surface area contributed by atoms with Crippen LogP contribution in [0, 0.1) is 0 Å². The maximum Gasteiger partial charge on any atom is 0.220 e. The molecule has 3 rings (SSSR count). The van der Waals surface area contributed by atoms with Gasteiger partial charge in [0.1, 0.15) is 73.2 Å². The van der Waals surface area contributed by atoms with Crippen molar-refractivity contribution in [2.24, 2.45) is 0 Å². The van der Waals surface area contributed by atoms with Gasteiger partial charge in [0.05, 0.1) is 38.6 Å². The molecule has 0 spiro atoms. The summed E-state index contributed by atoms with van der Waals surface area (Å²) in [5.41, 5.74) is 0. The number of carbonyl (C=O) groups excluding carboxylic acids is 1. The third-order valence-electron chi connectivity index (χ3n) is 18.3. The highest BCUT2D eigenvalue weighted by molar-refractivity contribution is 5.76. The molecular weight excluding hydrogens is 1250 g/mol. The van der Waals surface area contributed by atoms with E-state index >= 15 is 0 Å². The van der Waals surface area contributed by atoms with Gasteiger partial charge in [-0.3, -0.25) is 4.79 Å². The number of amides is 1. The van der Waals surface area contributed by atoms with Gasteiger partial charge in [0.25, 0.3) is 0 Å². The van der Waals surface area contributed by atoms with Gasteiger partial charge < -0.3 is 89.9 Å². The minimum absolute atomic E-state index is 0.188. The van der Waals surface area contributed by atoms with E-state index in [0.29, 0.717) is 12.8 Å². The van der Waals surface area contributed by atoms with Gasteiger partial charge in [-0.25, -0.2) is 0 Å². The Morgan fingerprint density at radius 3 is 1.14 bits per heavy atom. The summed E-state index contributed by atoms with van der Waals surface area (Å²) in [4.78, 5) is 13.4. The van der Waals surface area contributed by atoms with Gasteiger partial charge in [-0.1, -0.05) is 264 Å². The molecule has 3 heterocycles. The summed E-state index contributed by atoms with van der Waals surface area (Å²) in [6.45, 7) is 1.58. The van der Waals surface area contributed by atoms with Gasteiger partial charge in [-0.2, -0.15) is 0 Å². The fourth-order valence-corrected chi connectivity index (χ4v) is 12.2. The second-order valence-electron chi connectivity index (χ2n) is 26.7. The summed E-state index contributed by atoms with van der Waals surface area (Å²) < 4.78 is 34.4. The summed E-state index contributed by atoms with van der Waals surface area (Å²) in [7, 11) is 0. The number of aliphatic hydroxyl groups is 11. The van der Waals surface area contributed by atoms with Crippen LogP contribution in [0.3, 0.4) is 0 Å². The Labute approximate surface area is 589 Å². The molecule has 0 radical (unpaired) electrons. The number of ether oxygens (including phenoxy) is 6. The molecule has 0 aliphatic carbocycles. The Kier molecular flexibility index (Phi) is 53.3. The molecule has 3 aliphatic rings. The average Bonchev–Trinajstić information content (AvgIpc) is 0.784. The van der Waals surface area contributed by atoms with E-state index in [1.54, 1.807) is 6.08 Å². The van der Waals surface area contributed by atoms with Crippen LogP contribution >= 0.6 is 0 Å². The van der Waals surface area contributed by atoms with Gasteiger partial charge in [0.2, 0.25) is 5.91 Å². The molecule has 0 saturated carbocycles. The summed E-state index contributed by atoms with van der Waals surface area (Å²) in [6.07, 6.45) is 53.6. The van der Waals surface area contributed by atoms with Crippen LogP contribution in [-0.4, -0.2) is 193 Å². The fraction of sp³-hybridized carbons (Fsp3) is 0.759. The number of aliphatic hydroxyl groups excluding tert-OH is 11. The van der Waals surface area contributed by atoms with Gasteiger partial charge in [0, 0.05) is 6.42 Å². The Morgan fingerprint density at radius 2 is 0.714 bits per heavy atom. The normalized spacial score (nSPS) is 27.4. The van der Waals surface area contributed by atoms with Crippen molar-refractivity contribution >= 4 is 5.91 Å². The molecular formula is C79H135NO18. The molecule has 3 fully saturated rings. The number of allylic oxidation sites excluding steroid dienone is 17. The first-order valence-electron chi connectivity index (χ1n) is 38.1. The van der Waals surface area contributed by atoms with Crippen LogP contribution in [0.1, 0.15) is 251 Å². The molecule has 0 aromatic carbocycles. The maximum absolute atomic E-state index is 13.4. The van der Waals surface area contributed by atoms with E-state index in [0.717, 1.165) is 83.5 Å². The predicted octanol–water partition coefficient (Wildman–Crippen LogP) is 11.8. The van der Waals surface area contributed by atoms with Crippen LogP contribution < -0.4 is 5.32 Å². The van der Waals surface area contributed by atoms with Crippen molar-refractivity contribution in [2.75, 3.05) is 26.4 Å². The first kappa shape index (κ1) is 88.7. The zero-order valence-corrected chi connectivity index (χ0v) is 60.0. The SMILES string of the molecule is CC/C=C\C/C=C\C/C=C\C/C=C\C/C=C\C/C=C\C/C=C\CCCCCC(=O)NC(COC1OC(CO)C(OC2OC(CO)C(OC3OC(CO)C(O)C(O)C3O)C(O)C2O)C(O)C1O)C(O)/C=C/CC/C=C/CCCCCCCCCCCCCCCCCCCCCCCC. The monoisotopic (exact) mass is 1390 g/mol. The van der Waals surface area contributed by atoms with E-state index in [1.165, 1.54) is 135 Å². The van der Waals surface area contributed by atoms with Crippen molar-refractivity contribution in [1.82, 2.24) is 5.32 Å². The van der Waals surface area contributed by atoms with Crippen LogP contribution in [0.25, 0.3) is 0 Å². The lowest BCUT2D eigenvalue weighted by molar-refractivity contribution is -0.379. The molecule has 0 aromatic rings. The Morgan fingerprint density at radius 1 is 0.378 bits per heavy atom. The average molecular weight is 1390 g/mol. The molecule has 564 valence electrons. The molecule has 3 aliphatic heterocycles. The Hall–Kier alpha value is -3.55. The van der Waals surface area contributed by atoms with E-state index in [4.69, 9.17) is 28.4 Å². The topological polar surface area (TPSA) is 307 Å². The van der Waals surface area contributed by atoms with Crippen molar-refractivity contribution in [3.63, 3.8) is 0 Å². The molecule has 1 amide bonds. The van der Waals surface area contributed by atoms with Crippen molar-refractivity contribution in [1.29, 1.82) is 0 Å². The number of hydrogen-bond acceptors (Lipinski definition) is 18. The van der Waals surface area contributed by atoms with Crippen molar-refractivity contribution in [3.05, 3.63) is 109 Å². The standard InChI is InChI=1S/C79H135NO18/c1-3-5-7-9-11-13-15-17-19-21-23-25-27-29-30-31-33-34-36-38-40-42-44-46-48-50-52-54-56-63(84)62(80-67(85)57-55-53-51-49-47-45-43-41-39-37-35-32-28-26-24-22-20-18-16-14-12-10-8-6-4-2)61-93-77-73(91)70(88)75(65(59-82)95-77)98-79-74(92)71(89)76(66(60-83)96-79)97-78-72(90)69(87)68(86)64(58-81)94-78/h6,8,12,14,18,20,24,26,32,35,39,41,45-48,54,56,62-66,68-79,81-84,86-92H,3-5,7,9-11,13,15-17,19,21-23,25,27-31,33-34,36-38,40,42-44,49-53,55,57-61H2,1-2H3,(H,80,85)/b8-6-,14-12-,20-18-,26-24-,35-32-,41-39-,47-45-,48-46+,56-54+. The van der Waals surface area contributed by atoms with E-state index < -0.39 is 124 Å². The van der Waals surface area contributed by atoms with E-state index in [-0.39, 0.29) is 18.9 Å². The quantitative estimate of drug-likeness (QED) is 0.0199. The summed E-state index contributed by atoms with van der Waals surface area (Å²) in [6, 6.07) is -1.02. The molecule has 19 heteroatoms. The highest BCUT2D eigenvalue weighted by Crippen LogP contribution is 2.33. The van der Waals surface area contributed by atoms with Gasteiger partial charge in [0.15, 0.2) is 18.9 Å². The first-order valence-corrected chi connectivity index (χ1v) is 38.1. The van der Waals surface area contributed by atoms with Gasteiger partial charge >= 0.3 is 0 Å². The lowest BCUT2D eigenvalue weighted by Gasteiger charge is -2.48.